The zero-order valence-corrected chi connectivity index (χ0v) is 17.5. The summed E-state index contributed by atoms with van der Waals surface area (Å²) in [6, 6.07) is 20.9. The highest BCUT2D eigenvalue weighted by molar-refractivity contribution is 6.08. The summed E-state index contributed by atoms with van der Waals surface area (Å²) >= 11 is 0. The molecule has 2 N–H and O–H groups in total. The quantitative estimate of drug-likeness (QED) is 0.426. The summed E-state index contributed by atoms with van der Waals surface area (Å²) in [4.78, 5) is 16.1. The van der Waals surface area contributed by atoms with Gasteiger partial charge in [0.2, 0.25) is 0 Å². The Morgan fingerprint density at radius 1 is 0.900 bits per heavy atom. The predicted molar refractivity (Wildman–Crippen MR) is 123 cm³/mol. The van der Waals surface area contributed by atoms with E-state index in [1.165, 1.54) is 11.1 Å². The summed E-state index contributed by atoms with van der Waals surface area (Å²) in [5, 5.41) is 8.25. The molecule has 1 heterocycles. The largest absolute Gasteiger partial charge is 0.449 e. The molecule has 5 heteroatoms. The molecule has 4 aromatic rings. The smallest absolute Gasteiger partial charge is 0.406 e. The van der Waals surface area contributed by atoms with Crippen molar-refractivity contribution >= 4 is 39.3 Å². The van der Waals surface area contributed by atoms with Gasteiger partial charge in [-0.3, -0.25) is 0 Å². The number of benzene rings is 3. The second-order valence-electron chi connectivity index (χ2n) is 7.49. The number of carbonyl (C=O) groups is 1. The first-order valence-electron chi connectivity index (χ1n) is 10.0. The minimum atomic E-state index is -0.407. The molecular formula is C25H25N3O2. The van der Waals surface area contributed by atoms with Gasteiger partial charge in [0.1, 0.15) is 0 Å². The number of nitrogens with one attached hydrogen (secondary N) is 2. The van der Waals surface area contributed by atoms with E-state index in [0.29, 0.717) is 13.0 Å². The van der Waals surface area contributed by atoms with Crippen molar-refractivity contribution in [2.75, 3.05) is 19.0 Å². The maximum atomic E-state index is 11.2. The molecule has 0 radical (unpaired) electrons. The first kappa shape index (κ1) is 19.7. The van der Waals surface area contributed by atoms with Crippen molar-refractivity contribution < 1.29 is 9.53 Å². The van der Waals surface area contributed by atoms with E-state index in [1.807, 2.05) is 0 Å². The minimum absolute atomic E-state index is 0.352. The molecule has 0 atom stereocenters. The zero-order valence-electron chi connectivity index (χ0n) is 17.5. The first-order valence-corrected chi connectivity index (χ1v) is 10.0. The van der Waals surface area contributed by atoms with Gasteiger partial charge in [0, 0.05) is 29.9 Å². The number of ether oxygens (including phenoxy) is 1. The molecule has 3 aromatic carbocycles. The Kier molecular flexibility index (Phi) is 5.53. The molecule has 1 amide bonds. The van der Waals surface area contributed by atoms with E-state index in [-0.39, 0.29) is 0 Å². The Hall–Kier alpha value is -3.60. The number of aryl methyl sites for hydroxylation is 2. The number of aromatic nitrogens is 1. The summed E-state index contributed by atoms with van der Waals surface area (Å²) in [5.74, 6) is 0. The van der Waals surface area contributed by atoms with Crippen LogP contribution in [-0.4, -0.2) is 24.7 Å². The third-order valence-corrected chi connectivity index (χ3v) is 5.14. The lowest BCUT2D eigenvalue weighted by Gasteiger charge is -2.14. The van der Waals surface area contributed by atoms with Crippen molar-refractivity contribution in [3.8, 4) is 0 Å². The number of alkyl carbamates (subject to hydrolysis) is 1. The lowest BCUT2D eigenvalue weighted by Crippen LogP contribution is -2.20. The number of amides is 1. The molecule has 0 bridgehead atoms. The van der Waals surface area contributed by atoms with Crippen LogP contribution in [0.2, 0.25) is 0 Å². The Labute approximate surface area is 176 Å². The van der Waals surface area contributed by atoms with Crippen LogP contribution in [0.4, 0.5) is 16.2 Å². The number of fused-ring (bicyclic) bond motifs is 2. The topological polar surface area (TPSA) is 63.2 Å². The molecule has 152 valence electrons. The number of hydrogen-bond acceptors (Lipinski definition) is 4. The van der Waals surface area contributed by atoms with Gasteiger partial charge in [0.15, 0.2) is 0 Å². The molecule has 0 aliphatic heterocycles. The highest BCUT2D eigenvalue weighted by Crippen LogP contribution is 2.34. The maximum absolute atomic E-state index is 11.2. The van der Waals surface area contributed by atoms with E-state index in [0.717, 1.165) is 38.7 Å². The lowest BCUT2D eigenvalue weighted by atomic mass is 10.0. The molecule has 0 saturated carbocycles. The van der Waals surface area contributed by atoms with E-state index in [9.17, 15) is 4.79 Å². The van der Waals surface area contributed by atoms with Gasteiger partial charge in [0.25, 0.3) is 0 Å². The van der Waals surface area contributed by atoms with Crippen LogP contribution in [0.25, 0.3) is 21.8 Å². The summed E-state index contributed by atoms with van der Waals surface area (Å²) in [7, 11) is 1.55. The van der Waals surface area contributed by atoms with Crippen LogP contribution in [0.1, 0.15) is 16.7 Å². The molecule has 0 unspecified atom stereocenters. The number of nitrogens with zero attached hydrogens (tertiary/aromatic N) is 1. The minimum Gasteiger partial charge on any atom is -0.449 e. The standard InChI is InChI=1S/C25H25N3O2/c1-16-4-10-20-22(14-16)28-23-15-17(2)5-11-21(23)24(20)27-19-8-6-18(7-9-19)12-13-30-25(29)26-3/h4-11,14-15H,12-13H2,1-3H3,(H,26,29)(H,27,28). The number of rotatable bonds is 5. The van der Waals surface area contributed by atoms with Gasteiger partial charge < -0.3 is 15.4 Å². The fourth-order valence-electron chi connectivity index (χ4n) is 3.53. The fraction of sp³-hybridized carbons (Fsp3) is 0.200. The maximum Gasteiger partial charge on any atom is 0.406 e. The van der Waals surface area contributed by atoms with Gasteiger partial charge in [-0.1, -0.05) is 36.4 Å². The average Bonchev–Trinajstić information content (AvgIpc) is 2.74. The summed E-state index contributed by atoms with van der Waals surface area (Å²) < 4.78 is 5.06. The van der Waals surface area contributed by atoms with Crippen LogP contribution in [-0.2, 0) is 11.2 Å². The molecule has 30 heavy (non-hydrogen) atoms. The molecule has 0 aliphatic rings. The highest BCUT2D eigenvalue weighted by Gasteiger charge is 2.10. The third kappa shape index (κ3) is 4.20. The second kappa shape index (κ2) is 8.41. The SMILES string of the molecule is CNC(=O)OCCc1ccc(Nc2c3ccc(C)cc3nc3cc(C)ccc23)cc1. The normalized spacial score (nSPS) is 10.9. The number of pyridine rings is 1. The first-order chi connectivity index (χ1) is 14.5. The van der Waals surface area contributed by atoms with Gasteiger partial charge in [-0.15, -0.1) is 0 Å². The van der Waals surface area contributed by atoms with Crippen LogP contribution in [0, 0.1) is 13.8 Å². The third-order valence-electron chi connectivity index (χ3n) is 5.14. The monoisotopic (exact) mass is 399 g/mol. The number of anilines is 2. The molecule has 4 rings (SSSR count). The van der Waals surface area contributed by atoms with Crippen molar-refractivity contribution in [1.82, 2.24) is 10.3 Å². The number of hydrogen-bond donors (Lipinski definition) is 2. The van der Waals surface area contributed by atoms with Crippen molar-refractivity contribution in [3.63, 3.8) is 0 Å². The van der Waals surface area contributed by atoms with Gasteiger partial charge >= 0.3 is 6.09 Å². The molecule has 5 nitrogen and oxygen atoms in total. The number of carbonyl (C=O) groups excluding carboxylic acids is 1. The Morgan fingerprint density at radius 2 is 1.50 bits per heavy atom. The van der Waals surface area contributed by atoms with Crippen LogP contribution in [0.15, 0.2) is 60.7 Å². The average molecular weight is 399 g/mol. The van der Waals surface area contributed by atoms with E-state index in [2.05, 4.69) is 85.1 Å². The van der Waals surface area contributed by atoms with Crippen molar-refractivity contribution in [3.05, 3.63) is 77.4 Å². The highest BCUT2D eigenvalue weighted by atomic mass is 16.5. The Bertz CT molecular complexity index is 1160. The second-order valence-corrected chi connectivity index (χ2v) is 7.49. The zero-order chi connectivity index (χ0) is 21.1. The molecule has 0 fully saturated rings. The van der Waals surface area contributed by atoms with E-state index >= 15 is 0 Å². The Balaban J connectivity index is 1.64. The molecule has 0 spiro atoms. The van der Waals surface area contributed by atoms with Gasteiger partial charge in [0.05, 0.1) is 23.3 Å². The summed E-state index contributed by atoms with van der Waals surface area (Å²) in [6.07, 6.45) is 0.267. The predicted octanol–water partition coefficient (Wildman–Crippen LogP) is 5.65. The van der Waals surface area contributed by atoms with E-state index < -0.39 is 6.09 Å². The van der Waals surface area contributed by atoms with Crippen LogP contribution in [0.3, 0.4) is 0 Å². The van der Waals surface area contributed by atoms with Gasteiger partial charge in [-0.2, -0.15) is 0 Å². The van der Waals surface area contributed by atoms with Crippen molar-refractivity contribution in [2.24, 2.45) is 0 Å². The van der Waals surface area contributed by atoms with Crippen LogP contribution >= 0.6 is 0 Å². The molecule has 0 saturated heterocycles. The Morgan fingerprint density at radius 3 is 2.07 bits per heavy atom. The van der Waals surface area contributed by atoms with Crippen LogP contribution < -0.4 is 10.6 Å². The van der Waals surface area contributed by atoms with Crippen LogP contribution in [0.5, 0.6) is 0 Å². The summed E-state index contributed by atoms with van der Waals surface area (Å²) in [6.45, 7) is 4.52. The molecular weight excluding hydrogens is 374 g/mol. The van der Waals surface area contributed by atoms with Gasteiger partial charge in [-0.05, 0) is 54.8 Å². The lowest BCUT2D eigenvalue weighted by molar-refractivity contribution is 0.150. The fourth-order valence-corrected chi connectivity index (χ4v) is 3.53. The van der Waals surface area contributed by atoms with E-state index in [4.69, 9.17) is 9.72 Å². The van der Waals surface area contributed by atoms with Crippen molar-refractivity contribution in [2.45, 2.75) is 20.3 Å². The summed E-state index contributed by atoms with van der Waals surface area (Å²) in [5.41, 5.74) is 7.52. The van der Waals surface area contributed by atoms with Gasteiger partial charge in [-0.25, -0.2) is 9.78 Å². The van der Waals surface area contributed by atoms with Crippen molar-refractivity contribution in [1.29, 1.82) is 0 Å². The van der Waals surface area contributed by atoms with E-state index in [1.54, 1.807) is 7.05 Å². The molecule has 0 aliphatic carbocycles. The molecule has 1 aromatic heterocycles.